The lowest BCUT2D eigenvalue weighted by Crippen LogP contribution is -2.76. The van der Waals surface area contributed by atoms with E-state index in [0.29, 0.717) is 5.02 Å². The Morgan fingerprint density at radius 3 is 1.83 bits per heavy atom. The van der Waals surface area contributed by atoms with Crippen LogP contribution in [0.4, 0.5) is 0 Å². The van der Waals surface area contributed by atoms with E-state index >= 15 is 0 Å². The molecule has 1 unspecified atom stereocenters. The fourth-order valence-electron chi connectivity index (χ4n) is 8.74. The highest BCUT2D eigenvalue weighted by atomic mass is 35.5. The molecule has 10 aromatic rings. The standard InChI is InChI=1S/C48H30ClNO2Si/c49-32-22-29-47-45(30-32)51-44-18-7-8-19-46(44)53(47,34-25-20-31(21-26-34)36-13-9-14-40-39-12-3-6-17-43(39)52-48(36)40)35-27-23-33(24-28-35)50-41-15-4-1-10-37(41)38-11-2-5-16-42(38)50/h1-30H. The molecule has 0 amide bonds. The Morgan fingerprint density at radius 1 is 0.472 bits per heavy atom. The van der Waals surface area contributed by atoms with Crippen molar-refractivity contribution >= 4 is 84.2 Å². The fraction of sp³-hybridized carbons (Fsp3) is 0. The zero-order valence-electron chi connectivity index (χ0n) is 28.5. The molecule has 5 heteroatoms. The van der Waals surface area contributed by atoms with Crippen LogP contribution in [0.1, 0.15) is 0 Å². The van der Waals surface area contributed by atoms with Crippen LogP contribution >= 0.6 is 11.6 Å². The largest absolute Gasteiger partial charge is 0.457 e. The highest BCUT2D eigenvalue weighted by molar-refractivity contribution is 7.20. The van der Waals surface area contributed by atoms with Gasteiger partial charge in [-0.05, 0) is 74.8 Å². The van der Waals surface area contributed by atoms with Crippen LogP contribution < -0.4 is 25.5 Å². The Hall–Kier alpha value is -6.33. The number of halogens is 1. The zero-order chi connectivity index (χ0) is 35.1. The van der Waals surface area contributed by atoms with Crippen LogP contribution in [0, 0.1) is 0 Å². The lowest BCUT2D eigenvalue weighted by molar-refractivity contribution is 0.487. The molecule has 0 aliphatic carbocycles. The number of benzene rings is 8. The molecule has 0 saturated carbocycles. The zero-order valence-corrected chi connectivity index (χ0v) is 30.2. The third kappa shape index (κ3) is 4.40. The molecule has 1 aliphatic heterocycles. The second kappa shape index (κ2) is 11.6. The maximum Gasteiger partial charge on any atom is 0.188 e. The van der Waals surface area contributed by atoms with E-state index < -0.39 is 8.07 Å². The van der Waals surface area contributed by atoms with Crippen molar-refractivity contribution in [3.8, 4) is 28.3 Å². The highest BCUT2D eigenvalue weighted by Crippen LogP contribution is 2.37. The molecule has 1 atom stereocenters. The Morgan fingerprint density at radius 2 is 1.08 bits per heavy atom. The number of fused-ring (bicyclic) bond motifs is 8. The second-order valence-corrected chi connectivity index (χ2v) is 17.9. The maximum absolute atomic E-state index is 6.65. The quantitative estimate of drug-likeness (QED) is 0.170. The van der Waals surface area contributed by atoms with Gasteiger partial charge in [-0.3, -0.25) is 0 Å². The predicted octanol–water partition coefficient (Wildman–Crippen LogP) is 10.5. The summed E-state index contributed by atoms with van der Waals surface area (Å²) in [6.07, 6.45) is 0. The van der Waals surface area contributed by atoms with Gasteiger partial charge in [0.2, 0.25) is 0 Å². The van der Waals surface area contributed by atoms with Crippen molar-refractivity contribution in [1.82, 2.24) is 4.57 Å². The Kier molecular flexibility index (Phi) is 6.63. The molecule has 0 radical (unpaired) electrons. The fourth-order valence-corrected chi connectivity index (χ4v) is 13.8. The molecule has 11 rings (SSSR count). The third-order valence-electron chi connectivity index (χ3n) is 11.0. The van der Waals surface area contributed by atoms with E-state index in [0.717, 1.165) is 50.3 Å². The summed E-state index contributed by atoms with van der Waals surface area (Å²) < 4.78 is 15.5. The first kappa shape index (κ1) is 30.3. The normalized spacial score (nSPS) is 15.1. The first-order valence-corrected chi connectivity index (χ1v) is 20.2. The minimum Gasteiger partial charge on any atom is -0.457 e. The minimum atomic E-state index is -2.93. The second-order valence-electron chi connectivity index (χ2n) is 13.8. The van der Waals surface area contributed by atoms with E-state index in [1.54, 1.807) is 0 Å². The van der Waals surface area contributed by atoms with E-state index in [1.807, 2.05) is 24.3 Å². The Bertz CT molecular complexity index is 3000. The molecule has 3 nitrogen and oxygen atoms in total. The predicted molar refractivity (Wildman–Crippen MR) is 222 cm³/mol. The number of hydrogen-bond acceptors (Lipinski definition) is 2. The number of rotatable bonds is 4. The number of hydrogen-bond donors (Lipinski definition) is 0. The summed E-state index contributed by atoms with van der Waals surface area (Å²) in [6.45, 7) is 0. The summed E-state index contributed by atoms with van der Waals surface area (Å²) in [7, 11) is -2.93. The van der Waals surface area contributed by atoms with Gasteiger partial charge < -0.3 is 13.7 Å². The molecule has 0 N–H and O–H groups in total. The first-order chi connectivity index (χ1) is 26.2. The number of furan rings is 1. The van der Waals surface area contributed by atoms with Crippen LogP contribution in [0.15, 0.2) is 186 Å². The molecule has 0 bridgehead atoms. The smallest absolute Gasteiger partial charge is 0.188 e. The van der Waals surface area contributed by atoms with E-state index in [4.69, 9.17) is 20.8 Å². The highest BCUT2D eigenvalue weighted by Gasteiger charge is 2.48. The van der Waals surface area contributed by atoms with Crippen LogP contribution in [-0.2, 0) is 0 Å². The van der Waals surface area contributed by atoms with Crippen molar-refractivity contribution in [1.29, 1.82) is 0 Å². The molecular weight excluding hydrogens is 686 g/mol. The molecule has 0 saturated heterocycles. The van der Waals surface area contributed by atoms with Crippen molar-refractivity contribution in [3.63, 3.8) is 0 Å². The van der Waals surface area contributed by atoms with Crippen molar-refractivity contribution in [2.24, 2.45) is 0 Å². The van der Waals surface area contributed by atoms with Crippen molar-refractivity contribution in [2.75, 3.05) is 0 Å². The Balaban J connectivity index is 1.13. The molecule has 1 aliphatic rings. The molecule has 3 heterocycles. The molecule has 2 aromatic heterocycles. The number of aromatic nitrogens is 1. The van der Waals surface area contributed by atoms with Gasteiger partial charge in [-0.1, -0.05) is 145 Å². The van der Waals surface area contributed by atoms with Crippen LogP contribution in [0.3, 0.4) is 0 Å². The lowest BCUT2D eigenvalue weighted by atomic mass is 10.0. The summed E-state index contributed by atoms with van der Waals surface area (Å²) in [4.78, 5) is 0. The first-order valence-electron chi connectivity index (χ1n) is 17.9. The Labute approximate surface area is 311 Å². The van der Waals surface area contributed by atoms with Crippen LogP contribution in [0.2, 0.25) is 5.02 Å². The average Bonchev–Trinajstić information content (AvgIpc) is 3.76. The van der Waals surface area contributed by atoms with E-state index in [2.05, 4.69) is 162 Å². The van der Waals surface area contributed by atoms with Gasteiger partial charge in [0, 0.05) is 37.8 Å². The van der Waals surface area contributed by atoms with E-state index in [-0.39, 0.29) is 0 Å². The molecule has 0 fully saturated rings. The van der Waals surface area contributed by atoms with Gasteiger partial charge in [0.25, 0.3) is 0 Å². The number of ether oxygens (including phenoxy) is 1. The van der Waals surface area contributed by atoms with Gasteiger partial charge in [0.1, 0.15) is 22.7 Å². The van der Waals surface area contributed by atoms with Crippen molar-refractivity contribution in [2.45, 2.75) is 0 Å². The molecule has 53 heavy (non-hydrogen) atoms. The lowest BCUT2D eigenvalue weighted by Gasteiger charge is -2.39. The minimum absolute atomic E-state index is 0.655. The molecule has 8 aromatic carbocycles. The molecule has 0 spiro atoms. The van der Waals surface area contributed by atoms with Crippen molar-refractivity contribution < 1.29 is 9.15 Å². The maximum atomic E-state index is 6.65. The van der Waals surface area contributed by atoms with Crippen LogP contribution in [-0.4, -0.2) is 12.6 Å². The topological polar surface area (TPSA) is 27.3 Å². The monoisotopic (exact) mass is 715 g/mol. The summed E-state index contributed by atoms with van der Waals surface area (Å²) in [5.41, 5.74) is 7.51. The van der Waals surface area contributed by atoms with Crippen LogP contribution in [0.25, 0.3) is 60.6 Å². The van der Waals surface area contributed by atoms with Gasteiger partial charge in [-0.25, -0.2) is 0 Å². The van der Waals surface area contributed by atoms with E-state index in [9.17, 15) is 0 Å². The van der Waals surface area contributed by atoms with Gasteiger partial charge in [-0.15, -0.1) is 0 Å². The molecule has 250 valence electrons. The van der Waals surface area contributed by atoms with Crippen molar-refractivity contribution in [3.05, 3.63) is 187 Å². The summed E-state index contributed by atoms with van der Waals surface area (Å²) in [6, 6.07) is 65.1. The van der Waals surface area contributed by atoms with Gasteiger partial charge in [-0.2, -0.15) is 0 Å². The third-order valence-corrected chi connectivity index (χ3v) is 16.1. The molecular formula is C48H30ClNO2Si. The van der Waals surface area contributed by atoms with Gasteiger partial charge in [0.05, 0.1) is 11.0 Å². The van der Waals surface area contributed by atoms with E-state index in [1.165, 1.54) is 42.6 Å². The summed E-state index contributed by atoms with van der Waals surface area (Å²) >= 11 is 6.65. The SMILES string of the molecule is Clc1ccc2c(c1)Oc1ccccc1[Si]2(c1ccc(-c2cccc3c2oc2ccccc23)cc1)c1ccc(-n2c3ccccc3c3ccccc32)cc1. The average molecular weight is 716 g/mol. The summed E-state index contributed by atoms with van der Waals surface area (Å²) in [5, 5.41) is 10.3. The number of para-hydroxylation sites is 5. The van der Waals surface area contributed by atoms with Gasteiger partial charge >= 0.3 is 0 Å². The van der Waals surface area contributed by atoms with Gasteiger partial charge in [0.15, 0.2) is 8.07 Å². The van der Waals surface area contributed by atoms with Crippen LogP contribution in [0.5, 0.6) is 11.5 Å². The number of nitrogens with zero attached hydrogens (tertiary/aromatic N) is 1. The summed E-state index contributed by atoms with van der Waals surface area (Å²) in [5.74, 6) is 1.68.